The highest BCUT2D eigenvalue weighted by Crippen LogP contribution is 2.21. The maximum absolute atomic E-state index is 13.4. The molecule has 1 saturated heterocycles. The number of hydrogen-bond acceptors (Lipinski definition) is 5. The van der Waals surface area contributed by atoms with Gasteiger partial charge in [0.1, 0.15) is 11.6 Å². The van der Waals surface area contributed by atoms with Crippen LogP contribution in [-0.2, 0) is 27.1 Å². The van der Waals surface area contributed by atoms with Crippen molar-refractivity contribution in [3.8, 4) is 0 Å². The zero-order valence-corrected chi connectivity index (χ0v) is 16.7. The molecule has 27 heavy (non-hydrogen) atoms. The van der Waals surface area contributed by atoms with Gasteiger partial charge in [0.25, 0.3) is 10.0 Å². The fourth-order valence-corrected chi connectivity index (χ4v) is 5.91. The van der Waals surface area contributed by atoms with Crippen LogP contribution in [0.3, 0.4) is 0 Å². The van der Waals surface area contributed by atoms with Crippen LogP contribution in [0.4, 0.5) is 4.39 Å². The number of aryl methyl sites for hydroxylation is 2. The predicted molar refractivity (Wildman–Crippen MR) is 96.5 cm³/mol. The molecule has 0 aliphatic carbocycles. The minimum Gasteiger partial charge on any atom is -0.337 e. The summed E-state index contributed by atoms with van der Waals surface area (Å²) in [6.45, 7) is 2.05. The summed E-state index contributed by atoms with van der Waals surface area (Å²) >= 11 is 0. The van der Waals surface area contributed by atoms with Gasteiger partial charge in [0.05, 0.1) is 4.90 Å². The molecule has 1 fully saturated rings. The minimum atomic E-state index is -3.89. The molecule has 1 aromatic heterocycles. The lowest BCUT2D eigenvalue weighted by atomic mass is 10.4. The Labute approximate surface area is 158 Å². The van der Waals surface area contributed by atoms with E-state index in [4.69, 9.17) is 0 Å². The van der Waals surface area contributed by atoms with E-state index >= 15 is 0 Å². The number of imidazole rings is 1. The molecule has 148 valence electrons. The molecule has 2 aromatic rings. The Kier molecular flexibility index (Phi) is 5.39. The number of nitrogens with zero attached hydrogens (tertiary/aromatic N) is 4. The van der Waals surface area contributed by atoms with Crippen LogP contribution in [0.15, 0.2) is 40.4 Å². The summed E-state index contributed by atoms with van der Waals surface area (Å²) < 4.78 is 68.6. The van der Waals surface area contributed by atoms with E-state index in [1.165, 1.54) is 33.0 Å². The van der Waals surface area contributed by atoms with Crippen LogP contribution in [0.25, 0.3) is 0 Å². The van der Waals surface area contributed by atoms with Gasteiger partial charge in [-0.25, -0.2) is 26.2 Å². The van der Waals surface area contributed by atoms with Crippen LogP contribution < -0.4 is 0 Å². The van der Waals surface area contributed by atoms with Gasteiger partial charge >= 0.3 is 0 Å². The molecule has 0 bridgehead atoms. The van der Waals surface area contributed by atoms with Gasteiger partial charge in [0.2, 0.25) is 10.0 Å². The molecule has 0 amide bonds. The van der Waals surface area contributed by atoms with Crippen LogP contribution in [0.2, 0.25) is 0 Å². The highest BCUT2D eigenvalue weighted by molar-refractivity contribution is 7.89. The first-order valence-corrected chi connectivity index (χ1v) is 11.3. The largest absolute Gasteiger partial charge is 0.337 e. The molecule has 1 aliphatic rings. The van der Waals surface area contributed by atoms with Crippen molar-refractivity contribution >= 4 is 20.0 Å². The molecule has 0 saturated carbocycles. The average Bonchev–Trinajstić information content (AvgIpc) is 2.82. The third-order valence-electron chi connectivity index (χ3n) is 4.54. The summed E-state index contributed by atoms with van der Waals surface area (Å²) in [7, 11) is -5.99. The van der Waals surface area contributed by atoms with Crippen LogP contribution in [0, 0.1) is 12.7 Å². The monoisotopic (exact) mass is 416 g/mol. The molecule has 0 radical (unpaired) electrons. The van der Waals surface area contributed by atoms with E-state index in [2.05, 4.69) is 4.98 Å². The lowest BCUT2D eigenvalue weighted by Gasteiger charge is -2.21. The molecule has 0 unspecified atom stereocenters. The Balaban J connectivity index is 1.81. The molecule has 2 heterocycles. The van der Waals surface area contributed by atoms with Crippen molar-refractivity contribution in [1.29, 1.82) is 0 Å². The molecule has 1 aliphatic heterocycles. The Morgan fingerprint density at radius 1 is 1.00 bits per heavy atom. The van der Waals surface area contributed by atoms with Crippen molar-refractivity contribution in [1.82, 2.24) is 18.2 Å². The lowest BCUT2D eigenvalue weighted by molar-refractivity contribution is 0.403. The number of rotatable bonds is 4. The lowest BCUT2D eigenvalue weighted by Crippen LogP contribution is -2.37. The number of halogens is 1. The normalized spacial score (nSPS) is 17.7. The first-order valence-electron chi connectivity index (χ1n) is 8.38. The second-order valence-electron chi connectivity index (χ2n) is 6.36. The summed E-state index contributed by atoms with van der Waals surface area (Å²) in [4.78, 5) is 3.93. The SMILES string of the molecule is Cc1nc(S(=O)(=O)N2CCCN(S(=O)(=O)c3cccc(F)c3)CC2)cn1C. The third kappa shape index (κ3) is 3.91. The standard InChI is InChI=1S/C16H21FN4O4S2/c1-13-18-16(12-19(13)2)27(24,25)21-8-4-7-20(9-10-21)26(22,23)15-6-3-5-14(17)11-15/h3,5-6,11-12H,4,7-10H2,1-2H3. The van der Waals surface area contributed by atoms with Gasteiger partial charge in [-0.3, -0.25) is 0 Å². The Hall–Kier alpha value is -1.82. The molecule has 0 N–H and O–H groups in total. The topological polar surface area (TPSA) is 92.6 Å². The summed E-state index contributed by atoms with van der Waals surface area (Å²) in [6, 6.07) is 4.80. The van der Waals surface area contributed by atoms with Gasteiger partial charge in [0.15, 0.2) is 5.03 Å². The molecule has 11 heteroatoms. The molecular formula is C16H21FN4O4S2. The quantitative estimate of drug-likeness (QED) is 0.740. The number of hydrogen-bond donors (Lipinski definition) is 0. The smallest absolute Gasteiger partial charge is 0.262 e. The molecule has 0 atom stereocenters. The van der Waals surface area contributed by atoms with Crippen LogP contribution in [-0.4, -0.2) is 61.2 Å². The Morgan fingerprint density at radius 2 is 1.63 bits per heavy atom. The fraction of sp³-hybridized carbons (Fsp3) is 0.438. The van der Waals surface area contributed by atoms with Gasteiger partial charge < -0.3 is 4.57 Å². The molecular weight excluding hydrogens is 395 g/mol. The summed E-state index contributed by atoms with van der Waals surface area (Å²) in [5, 5.41) is -0.0519. The van der Waals surface area contributed by atoms with Crippen LogP contribution >= 0.6 is 0 Å². The predicted octanol–water partition coefficient (Wildman–Crippen LogP) is 0.953. The summed E-state index contributed by atoms with van der Waals surface area (Å²) in [6.07, 6.45) is 1.77. The van der Waals surface area contributed by atoms with Gasteiger partial charge in [-0.15, -0.1) is 0 Å². The maximum atomic E-state index is 13.4. The van der Waals surface area contributed by atoms with Crippen LogP contribution in [0.1, 0.15) is 12.2 Å². The Bertz CT molecular complexity index is 1030. The Morgan fingerprint density at radius 3 is 2.19 bits per heavy atom. The van der Waals surface area contributed by atoms with Gasteiger partial charge in [0, 0.05) is 39.4 Å². The van der Waals surface area contributed by atoms with Crippen molar-refractivity contribution in [2.75, 3.05) is 26.2 Å². The van der Waals surface area contributed by atoms with Gasteiger partial charge in [-0.2, -0.15) is 8.61 Å². The third-order valence-corrected chi connectivity index (χ3v) is 8.20. The van der Waals surface area contributed by atoms with E-state index in [-0.39, 0.29) is 36.1 Å². The first kappa shape index (κ1) is 19.9. The van der Waals surface area contributed by atoms with Gasteiger partial charge in [-0.1, -0.05) is 6.07 Å². The summed E-state index contributed by atoms with van der Waals surface area (Å²) in [5.41, 5.74) is 0. The highest BCUT2D eigenvalue weighted by atomic mass is 32.2. The van der Waals surface area contributed by atoms with E-state index < -0.39 is 25.9 Å². The number of benzene rings is 1. The zero-order valence-electron chi connectivity index (χ0n) is 15.0. The van der Waals surface area contributed by atoms with Crippen molar-refractivity contribution in [3.63, 3.8) is 0 Å². The van der Waals surface area contributed by atoms with E-state index in [0.29, 0.717) is 12.2 Å². The van der Waals surface area contributed by atoms with Gasteiger partial charge in [-0.05, 0) is 31.5 Å². The second kappa shape index (κ2) is 7.30. The maximum Gasteiger partial charge on any atom is 0.262 e. The average molecular weight is 417 g/mol. The molecule has 0 spiro atoms. The van der Waals surface area contributed by atoms with Crippen molar-refractivity contribution in [2.24, 2.45) is 7.05 Å². The number of aromatic nitrogens is 2. The van der Waals surface area contributed by atoms with Crippen molar-refractivity contribution in [3.05, 3.63) is 42.1 Å². The zero-order chi connectivity index (χ0) is 19.8. The van der Waals surface area contributed by atoms with E-state index in [1.54, 1.807) is 18.5 Å². The molecule has 8 nitrogen and oxygen atoms in total. The molecule has 1 aromatic carbocycles. The first-order chi connectivity index (χ1) is 12.6. The van der Waals surface area contributed by atoms with E-state index in [9.17, 15) is 21.2 Å². The minimum absolute atomic E-state index is 0.00645. The van der Waals surface area contributed by atoms with Crippen molar-refractivity contribution < 1.29 is 21.2 Å². The second-order valence-corrected chi connectivity index (χ2v) is 10.2. The van der Waals surface area contributed by atoms with E-state index in [1.807, 2.05) is 0 Å². The summed E-state index contributed by atoms with van der Waals surface area (Å²) in [5.74, 6) is -0.0701. The van der Waals surface area contributed by atoms with Crippen molar-refractivity contribution in [2.45, 2.75) is 23.3 Å². The highest BCUT2D eigenvalue weighted by Gasteiger charge is 2.33. The fourth-order valence-electron chi connectivity index (χ4n) is 2.91. The van der Waals surface area contributed by atoms with E-state index in [0.717, 1.165) is 6.07 Å². The molecule has 3 rings (SSSR count). The van der Waals surface area contributed by atoms with Crippen LogP contribution in [0.5, 0.6) is 0 Å². The number of sulfonamides is 2.